The Balaban J connectivity index is 1.17. The summed E-state index contributed by atoms with van der Waals surface area (Å²) in [6.45, 7) is 3.29. The third-order valence-electron chi connectivity index (χ3n) is 8.98. The maximum atomic E-state index is 13.6. The zero-order valence-corrected chi connectivity index (χ0v) is 19.1. The van der Waals surface area contributed by atoms with E-state index in [0.717, 1.165) is 57.1 Å². The number of piperazine rings is 1. The maximum Gasteiger partial charge on any atom is 0.241 e. The predicted molar refractivity (Wildman–Crippen MR) is 119 cm³/mol. The number of carbonyl (C=O) groups excluding carboxylic acids is 2. The summed E-state index contributed by atoms with van der Waals surface area (Å²) < 4.78 is 13.6. The molecule has 174 valence electrons. The number of amides is 2. The van der Waals surface area contributed by atoms with E-state index in [9.17, 15) is 19.2 Å². The Labute approximate surface area is 194 Å². The van der Waals surface area contributed by atoms with Crippen LogP contribution in [0.25, 0.3) is 0 Å². The molecule has 3 saturated heterocycles. The van der Waals surface area contributed by atoms with Crippen molar-refractivity contribution < 1.29 is 14.0 Å². The molecule has 6 nitrogen and oxygen atoms in total. The van der Waals surface area contributed by atoms with Crippen molar-refractivity contribution in [1.29, 1.82) is 5.26 Å². The van der Waals surface area contributed by atoms with Crippen LogP contribution in [-0.2, 0) is 15.1 Å². The largest absolute Gasteiger partial charge is 0.327 e. The van der Waals surface area contributed by atoms with Gasteiger partial charge in [-0.15, -0.1) is 0 Å². The minimum absolute atomic E-state index is 0.0669. The molecule has 7 heteroatoms. The monoisotopic (exact) mass is 450 g/mol. The van der Waals surface area contributed by atoms with Crippen LogP contribution in [0, 0.1) is 29.0 Å². The van der Waals surface area contributed by atoms with E-state index in [2.05, 4.69) is 15.9 Å². The van der Waals surface area contributed by atoms with Crippen LogP contribution in [0.1, 0.15) is 57.4 Å². The summed E-state index contributed by atoms with van der Waals surface area (Å²) in [7, 11) is 0. The fraction of sp³-hybridized carbons (Fsp3) is 0.654. The molecule has 2 saturated carbocycles. The highest BCUT2D eigenvalue weighted by Crippen LogP contribution is 2.51. The Bertz CT molecular complexity index is 1010. The number of carbonyl (C=O) groups is 2. The lowest BCUT2D eigenvalue weighted by Gasteiger charge is -2.46. The molecular formula is C26H31FN4O2. The van der Waals surface area contributed by atoms with E-state index >= 15 is 0 Å². The molecule has 0 radical (unpaired) electrons. The van der Waals surface area contributed by atoms with Crippen LogP contribution >= 0.6 is 0 Å². The van der Waals surface area contributed by atoms with Gasteiger partial charge in [-0.1, -0.05) is 31.9 Å². The minimum atomic E-state index is -0.325. The zero-order chi connectivity index (χ0) is 22.9. The van der Waals surface area contributed by atoms with E-state index in [-0.39, 0.29) is 53.3 Å². The van der Waals surface area contributed by atoms with Gasteiger partial charge in [0.2, 0.25) is 11.8 Å². The molecule has 6 rings (SSSR count). The van der Waals surface area contributed by atoms with E-state index in [1.54, 1.807) is 0 Å². The number of fused-ring (bicyclic) bond motifs is 3. The number of nitrogens with zero attached hydrogens (tertiary/aromatic N) is 4. The molecule has 6 atom stereocenters. The molecule has 3 aliphatic heterocycles. The quantitative estimate of drug-likeness (QED) is 0.692. The van der Waals surface area contributed by atoms with Crippen molar-refractivity contribution in [3.63, 3.8) is 0 Å². The molecule has 0 N–H and O–H groups in total. The van der Waals surface area contributed by atoms with Gasteiger partial charge < -0.3 is 9.80 Å². The van der Waals surface area contributed by atoms with Gasteiger partial charge in [0.05, 0.1) is 17.6 Å². The number of likely N-dealkylation sites (tertiary alicyclic amines) is 3. The van der Waals surface area contributed by atoms with Crippen LogP contribution in [0.2, 0.25) is 0 Å². The first-order chi connectivity index (χ1) is 15.9. The molecule has 2 bridgehead atoms. The summed E-state index contributed by atoms with van der Waals surface area (Å²) in [6, 6.07) is 8.96. The molecule has 0 aromatic heterocycles. The van der Waals surface area contributed by atoms with Gasteiger partial charge in [-0.25, -0.2) is 4.39 Å². The van der Waals surface area contributed by atoms with E-state index in [1.807, 2.05) is 24.0 Å². The number of halogens is 1. The SMILES string of the molecule is C[C@@H](CN1C[C@H]2C[C@@H]1C(=O)N2C1(c2ccc(F)cc2)CCCC1)C(=O)N1C2C[C@H]2C[C@H]1C#N. The van der Waals surface area contributed by atoms with Crippen LogP contribution in [0.4, 0.5) is 4.39 Å². The fourth-order valence-electron chi connectivity index (χ4n) is 7.39. The third-order valence-corrected chi connectivity index (χ3v) is 8.98. The smallest absolute Gasteiger partial charge is 0.241 e. The molecule has 2 aliphatic carbocycles. The van der Waals surface area contributed by atoms with Gasteiger partial charge in [-0.05, 0) is 55.7 Å². The number of rotatable bonds is 5. The Morgan fingerprint density at radius 3 is 2.61 bits per heavy atom. The van der Waals surface area contributed by atoms with Crippen LogP contribution in [0.5, 0.6) is 0 Å². The summed E-state index contributed by atoms with van der Waals surface area (Å²) in [6.07, 6.45) is 6.65. The summed E-state index contributed by atoms with van der Waals surface area (Å²) in [5.74, 6) is 0.268. The van der Waals surface area contributed by atoms with E-state index in [4.69, 9.17) is 0 Å². The minimum Gasteiger partial charge on any atom is -0.327 e. The lowest BCUT2D eigenvalue weighted by atomic mass is 9.85. The molecule has 1 unspecified atom stereocenters. The van der Waals surface area contributed by atoms with Gasteiger partial charge >= 0.3 is 0 Å². The van der Waals surface area contributed by atoms with Gasteiger partial charge in [0.1, 0.15) is 11.9 Å². The zero-order valence-electron chi connectivity index (χ0n) is 19.1. The van der Waals surface area contributed by atoms with Gasteiger partial charge in [-0.2, -0.15) is 5.26 Å². The summed E-state index contributed by atoms with van der Waals surface area (Å²) in [5, 5.41) is 9.45. The van der Waals surface area contributed by atoms with Crippen molar-refractivity contribution >= 4 is 11.8 Å². The van der Waals surface area contributed by atoms with Gasteiger partial charge in [0.25, 0.3) is 0 Å². The molecule has 33 heavy (non-hydrogen) atoms. The molecule has 5 aliphatic rings. The maximum absolute atomic E-state index is 13.6. The molecule has 3 heterocycles. The summed E-state index contributed by atoms with van der Waals surface area (Å²) in [5.41, 5.74) is 0.724. The molecular weight excluding hydrogens is 419 g/mol. The van der Waals surface area contributed by atoms with Crippen molar-refractivity contribution in [2.24, 2.45) is 11.8 Å². The molecule has 1 aromatic carbocycles. The van der Waals surface area contributed by atoms with E-state index in [1.165, 1.54) is 12.1 Å². The van der Waals surface area contributed by atoms with Crippen LogP contribution in [0.15, 0.2) is 24.3 Å². The molecule has 2 amide bonds. The predicted octanol–water partition coefficient (Wildman–Crippen LogP) is 3.03. The number of hydrogen-bond acceptors (Lipinski definition) is 4. The lowest BCUT2D eigenvalue weighted by molar-refractivity contribution is -0.146. The Morgan fingerprint density at radius 2 is 1.94 bits per heavy atom. The number of hydrogen-bond donors (Lipinski definition) is 0. The lowest BCUT2D eigenvalue weighted by Crippen LogP contribution is -2.58. The summed E-state index contributed by atoms with van der Waals surface area (Å²) >= 11 is 0. The highest BCUT2D eigenvalue weighted by atomic mass is 19.1. The van der Waals surface area contributed by atoms with Crippen LogP contribution in [0.3, 0.4) is 0 Å². The first kappa shape index (κ1) is 21.1. The van der Waals surface area contributed by atoms with Crippen molar-refractivity contribution in [2.75, 3.05) is 13.1 Å². The first-order valence-electron chi connectivity index (χ1n) is 12.5. The van der Waals surface area contributed by atoms with Gasteiger partial charge in [-0.3, -0.25) is 14.5 Å². The number of nitriles is 1. The number of piperidine rings is 1. The Kier molecular flexibility index (Phi) is 4.81. The second-order valence-electron chi connectivity index (χ2n) is 10.9. The van der Waals surface area contributed by atoms with Gasteiger partial charge in [0, 0.05) is 31.1 Å². The number of benzene rings is 1. The normalized spacial score (nSPS) is 35.1. The molecule has 0 spiro atoms. The van der Waals surface area contributed by atoms with Crippen LogP contribution in [-0.4, -0.2) is 63.8 Å². The third kappa shape index (κ3) is 3.13. The summed E-state index contributed by atoms with van der Waals surface area (Å²) in [4.78, 5) is 33.0. The fourth-order valence-corrected chi connectivity index (χ4v) is 7.39. The molecule has 1 aromatic rings. The second-order valence-corrected chi connectivity index (χ2v) is 10.9. The Morgan fingerprint density at radius 1 is 1.21 bits per heavy atom. The van der Waals surface area contributed by atoms with Crippen molar-refractivity contribution in [2.45, 2.75) is 81.6 Å². The topological polar surface area (TPSA) is 67.7 Å². The highest BCUT2D eigenvalue weighted by molar-refractivity contribution is 5.87. The van der Waals surface area contributed by atoms with E-state index < -0.39 is 0 Å². The highest BCUT2D eigenvalue weighted by Gasteiger charge is 2.58. The van der Waals surface area contributed by atoms with Gasteiger partial charge in [0.15, 0.2) is 0 Å². The average molecular weight is 451 g/mol. The second kappa shape index (κ2) is 7.53. The van der Waals surface area contributed by atoms with E-state index in [0.29, 0.717) is 12.5 Å². The average Bonchev–Trinajstić information content (AvgIpc) is 3.20. The first-order valence-corrected chi connectivity index (χ1v) is 12.5. The van der Waals surface area contributed by atoms with Crippen molar-refractivity contribution in [3.05, 3.63) is 35.6 Å². The van der Waals surface area contributed by atoms with Crippen molar-refractivity contribution in [1.82, 2.24) is 14.7 Å². The molecule has 5 fully saturated rings. The standard InChI is InChI=1S/C26H31FN4O2/c1-16(24(32)30-20(13-28)10-17-11-22(17)30)14-29-15-21-12-23(29)25(33)31(21)26(8-2-3-9-26)18-4-6-19(27)7-5-18/h4-7,16-17,20-23H,2-3,8-12,14-15H2,1H3/t16-,17+,20-,21+,22?,23+/m0/s1. The van der Waals surface area contributed by atoms with Crippen LogP contribution < -0.4 is 0 Å². The Hall–Kier alpha value is -2.46. The van der Waals surface area contributed by atoms with Crippen molar-refractivity contribution in [3.8, 4) is 6.07 Å².